The maximum absolute atomic E-state index is 12.6. The number of benzene rings is 1. The van der Waals surface area contributed by atoms with E-state index in [9.17, 15) is 4.79 Å². The van der Waals surface area contributed by atoms with Gasteiger partial charge in [-0.25, -0.2) is 4.68 Å². The van der Waals surface area contributed by atoms with Gasteiger partial charge >= 0.3 is 0 Å². The molecule has 2 aliphatic rings. The molecule has 1 aliphatic carbocycles. The summed E-state index contributed by atoms with van der Waals surface area (Å²) in [6.07, 6.45) is 2.35. The van der Waals surface area contributed by atoms with Gasteiger partial charge in [-0.1, -0.05) is 17.7 Å². The number of aromatic nitrogens is 2. The molecule has 0 atom stereocenters. The molecular formula is C20H26N4O2. The lowest BCUT2D eigenvalue weighted by atomic mass is 10.2. The second-order valence-corrected chi connectivity index (χ2v) is 7.19. The average Bonchev–Trinajstić information content (AvgIpc) is 3.41. The Hall–Kier alpha value is -2.18. The fraction of sp³-hybridized carbons (Fsp3) is 0.500. The van der Waals surface area contributed by atoms with Crippen molar-refractivity contribution in [2.45, 2.75) is 25.7 Å². The van der Waals surface area contributed by atoms with E-state index in [0.717, 1.165) is 44.2 Å². The van der Waals surface area contributed by atoms with Crippen LogP contribution in [0.2, 0.25) is 0 Å². The quantitative estimate of drug-likeness (QED) is 0.863. The van der Waals surface area contributed by atoms with Crippen LogP contribution >= 0.6 is 0 Å². The first-order chi connectivity index (χ1) is 12.7. The van der Waals surface area contributed by atoms with Crippen molar-refractivity contribution in [2.24, 2.45) is 0 Å². The van der Waals surface area contributed by atoms with Crippen LogP contribution < -0.4 is 5.32 Å². The van der Waals surface area contributed by atoms with Crippen LogP contribution in [0.5, 0.6) is 0 Å². The van der Waals surface area contributed by atoms with E-state index in [1.54, 1.807) is 0 Å². The van der Waals surface area contributed by atoms with Gasteiger partial charge in [0.05, 0.1) is 18.9 Å². The molecule has 26 heavy (non-hydrogen) atoms. The normalized spacial score (nSPS) is 18.0. The van der Waals surface area contributed by atoms with Gasteiger partial charge < -0.3 is 10.1 Å². The van der Waals surface area contributed by atoms with Crippen LogP contribution in [0.3, 0.4) is 0 Å². The number of carbonyl (C=O) groups is 1. The molecule has 1 aliphatic heterocycles. The van der Waals surface area contributed by atoms with Crippen molar-refractivity contribution >= 4 is 5.91 Å². The Morgan fingerprint density at radius 3 is 2.65 bits per heavy atom. The van der Waals surface area contributed by atoms with Crippen molar-refractivity contribution in [1.29, 1.82) is 0 Å². The summed E-state index contributed by atoms with van der Waals surface area (Å²) in [5.74, 6) is 0.435. The highest BCUT2D eigenvalue weighted by Gasteiger charge is 2.29. The number of hydrogen-bond donors (Lipinski definition) is 1. The fourth-order valence-electron chi connectivity index (χ4n) is 3.31. The smallest absolute Gasteiger partial charge is 0.271 e. The van der Waals surface area contributed by atoms with Gasteiger partial charge in [0, 0.05) is 37.8 Å². The monoisotopic (exact) mass is 354 g/mol. The molecule has 6 nitrogen and oxygen atoms in total. The molecule has 1 saturated carbocycles. The summed E-state index contributed by atoms with van der Waals surface area (Å²) in [6, 6.07) is 10.2. The lowest BCUT2D eigenvalue weighted by molar-refractivity contribution is 0.0383. The van der Waals surface area contributed by atoms with Crippen molar-refractivity contribution in [2.75, 3.05) is 39.4 Å². The van der Waals surface area contributed by atoms with Crippen molar-refractivity contribution < 1.29 is 9.53 Å². The number of ether oxygens (including phenoxy) is 1. The Morgan fingerprint density at radius 2 is 1.96 bits per heavy atom. The van der Waals surface area contributed by atoms with Crippen LogP contribution in [0, 0.1) is 6.92 Å². The van der Waals surface area contributed by atoms with Crippen LogP contribution in [-0.4, -0.2) is 60.0 Å². The van der Waals surface area contributed by atoms with Crippen molar-refractivity contribution in [3.8, 4) is 5.69 Å². The standard InChI is InChI=1S/C20H26N4O2/c1-15-2-6-17(7-3-15)24-19(16-4-5-16)14-18(22-24)20(25)21-8-9-23-10-12-26-13-11-23/h2-3,6-7,14,16H,4-5,8-13H2,1H3,(H,21,25). The zero-order chi connectivity index (χ0) is 17.9. The summed E-state index contributed by atoms with van der Waals surface area (Å²) < 4.78 is 7.29. The number of nitrogens with one attached hydrogen (secondary N) is 1. The van der Waals surface area contributed by atoms with Crippen molar-refractivity contribution in [3.05, 3.63) is 47.3 Å². The number of morpholine rings is 1. The van der Waals surface area contributed by atoms with Crippen LogP contribution in [-0.2, 0) is 4.74 Å². The summed E-state index contributed by atoms with van der Waals surface area (Å²) in [5, 5.41) is 7.62. The Balaban J connectivity index is 1.43. The third-order valence-electron chi connectivity index (χ3n) is 5.06. The van der Waals surface area contributed by atoms with Crippen LogP contribution in [0.25, 0.3) is 5.69 Å². The highest BCUT2D eigenvalue weighted by Crippen LogP contribution is 2.41. The highest BCUT2D eigenvalue weighted by molar-refractivity contribution is 5.92. The summed E-state index contributed by atoms with van der Waals surface area (Å²) in [6.45, 7) is 6.98. The summed E-state index contributed by atoms with van der Waals surface area (Å²) in [4.78, 5) is 14.9. The Labute approximate surface area is 154 Å². The van der Waals surface area contributed by atoms with Crippen LogP contribution in [0.15, 0.2) is 30.3 Å². The molecule has 6 heteroatoms. The fourth-order valence-corrected chi connectivity index (χ4v) is 3.31. The molecule has 0 radical (unpaired) electrons. The maximum Gasteiger partial charge on any atom is 0.271 e. The van der Waals surface area contributed by atoms with E-state index in [0.29, 0.717) is 18.2 Å². The van der Waals surface area contributed by atoms with E-state index in [1.807, 2.05) is 10.7 Å². The third kappa shape index (κ3) is 3.97. The minimum Gasteiger partial charge on any atom is -0.379 e. The molecule has 0 spiro atoms. The molecule has 2 fully saturated rings. The van der Waals surface area contributed by atoms with Gasteiger partial charge in [0.25, 0.3) is 5.91 Å². The van der Waals surface area contributed by atoms with Crippen molar-refractivity contribution in [1.82, 2.24) is 20.0 Å². The second kappa shape index (κ2) is 7.60. The number of rotatable bonds is 6. The first-order valence-corrected chi connectivity index (χ1v) is 9.46. The van der Waals surface area contributed by atoms with E-state index < -0.39 is 0 Å². The zero-order valence-electron chi connectivity index (χ0n) is 15.3. The van der Waals surface area contributed by atoms with Gasteiger partial charge in [0.15, 0.2) is 5.69 Å². The molecule has 1 N–H and O–H groups in total. The molecule has 1 aromatic carbocycles. The number of hydrogen-bond acceptors (Lipinski definition) is 4. The molecule has 4 rings (SSSR count). The predicted molar refractivity (Wildman–Crippen MR) is 99.9 cm³/mol. The molecule has 1 aromatic heterocycles. The van der Waals surface area contributed by atoms with Gasteiger partial charge in [-0.05, 0) is 38.0 Å². The van der Waals surface area contributed by atoms with Gasteiger partial charge in [-0.3, -0.25) is 9.69 Å². The van der Waals surface area contributed by atoms with Gasteiger partial charge in [0.1, 0.15) is 0 Å². The topological polar surface area (TPSA) is 59.4 Å². The minimum atomic E-state index is -0.0916. The molecule has 138 valence electrons. The Morgan fingerprint density at radius 1 is 1.23 bits per heavy atom. The van der Waals surface area contributed by atoms with E-state index in [-0.39, 0.29) is 5.91 Å². The first kappa shape index (κ1) is 17.2. The zero-order valence-corrected chi connectivity index (χ0v) is 15.3. The van der Waals surface area contributed by atoms with E-state index in [4.69, 9.17) is 4.74 Å². The van der Waals surface area contributed by atoms with Gasteiger partial charge in [-0.2, -0.15) is 5.10 Å². The Kier molecular flexibility index (Phi) is 5.04. The van der Waals surface area contributed by atoms with E-state index in [2.05, 4.69) is 46.5 Å². The minimum absolute atomic E-state index is 0.0916. The lowest BCUT2D eigenvalue weighted by Crippen LogP contribution is -2.41. The number of carbonyl (C=O) groups excluding carboxylic acids is 1. The summed E-state index contributed by atoms with van der Waals surface area (Å²) in [5.41, 5.74) is 3.89. The Bertz CT molecular complexity index is 759. The predicted octanol–water partition coefficient (Wildman–Crippen LogP) is 2.12. The SMILES string of the molecule is Cc1ccc(-n2nc(C(=O)NCCN3CCOCC3)cc2C2CC2)cc1. The molecule has 0 unspecified atom stereocenters. The molecule has 1 amide bonds. The largest absolute Gasteiger partial charge is 0.379 e. The summed E-state index contributed by atoms with van der Waals surface area (Å²) in [7, 11) is 0. The number of aryl methyl sites for hydroxylation is 1. The van der Waals surface area contributed by atoms with E-state index in [1.165, 1.54) is 18.4 Å². The van der Waals surface area contributed by atoms with E-state index >= 15 is 0 Å². The lowest BCUT2D eigenvalue weighted by Gasteiger charge is -2.26. The number of nitrogens with zero attached hydrogens (tertiary/aromatic N) is 3. The van der Waals surface area contributed by atoms with Crippen LogP contribution in [0.4, 0.5) is 0 Å². The third-order valence-corrected chi connectivity index (χ3v) is 5.06. The highest BCUT2D eigenvalue weighted by atomic mass is 16.5. The summed E-state index contributed by atoms with van der Waals surface area (Å²) >= 11 is 0. The first-order valence-electron chi connectivity index (χ1n) is 9.46. The molecule has 1 saturated heterocycles. The molecule has 0 bridgehead atoms. The molecule has 2 heterocycles. The van der Waals surface area contributed by atoms with Gasteiger partial charge in [-0.15, -0.1) is 0 Å². The average molecular weight is 354 g/mol. The van der Waals surface area contributed by atoms with Crippen molar-refractivity contribution in [3.63, 3.8) is 0 Å². The van der Waals surface area contributed by atoms with Crippen LogP contribution in [0.1, 0.15) is 40.5 Å². The molecule has 2 aromatic rings. The number of amides is 1. The maximum atomic E-state index is 12.6. The van der Waals surface area contributed by atoms with Gasteiger partial charge in [0.2, 0.25) is 0 Å². The molecular weight excluding hydrogens is 328 g/mol. The second-order valence-electron chi connectivity index (χ2n) is 7.19.